The van der Waals surface area contributed by atoms with Crippen LogP contribution in [-0.4, -0.2) is 14.9 Å². The van der Waals surface area contributed by atoms with E-state index in [1.807, 2.05) is 0 Å². The molecule has 1 heterocycles. The molecule has 86 valence electrons. The SMILES string of the molecule is O=[N+]([O-])c1ccccc1Sc1cc(Cl)ncn1. The summed E-state index contributed by atoms with van der Waals surface area (Å²) in [6.45, 7) is 0. The standard InChI is InChI=1S/C10H6ClN3O2S/c11-9-5-10(13-6-12-9)17-8-4-2-1-3-7(8)14(15)16/h1-6H. The predicted octanol–water partition coefficient (Wildman–Crippen LogP) is 3.19. The number of rotatable bonds is 3. The summed E-state index contributed by atoms with van der Waals surface area (Å²) < 4.78 is 0. The molecular weight excluding hydrogens is 262 g/mol. The molecule has 0 aliphatic heterocycles. The summed E-state index contributed by atoms with van der Waals surface area (Å²) in [4.78, 5) is 18.6. The van der Waals surface area contributed by atoms with Gasteiger partial charge in [-0.15, -0.1) is 0 Å². The van der Waals surface area contributed by atoms with E-state index >= 15 is 0 Å². The molecule has 0 aliphatic rings. The van der Waals surface area contributed by atoms with Gasteiger partial charge in [0, 0.05) is 12.1 Å². The van der Waals surface area contributed by atoms with E-state index in [1.54, 1.807) is 24.3 Å². The molecule has 0 radical (unpaired) electrons. The van der Waals surface area contributed by atoms with Crippen LogP contribution in [0.5, 0.6) is 0 Å². The third-order valence-electron chi connectivity index (χ3n) is 1.89. The summed E-state index contributed by atoms with van der Waals surface area (Å²) in [6.07, 6.45) is 1.32. The number of benzene rings is 1. The zero-order valence-corrected chi connectivity index (χ0v) is 9.98. The van der Waals surface area contributed by atoms with Crippen molar-refractivity contribution in [2.75, 3.05) is 0 Å². The Morgan fingerprint density at radius 3 is 2.76 bits per heavy atom. The van der Waals surface area contributed by atoms with Crippen molar-refractivity contribution in [3.63, 3.8) is 0 Å². The van der Waals surface area contributed by atoms with Gasteiger partial charge in [0.05, 0.1) is 9.82 Å². The Bertz CT molecular complexity index is 565. The number of nitro benzene ring substituents is 1. The van der Waals surface area contributed by atoms with E-state index < -0.39 is 4.92 Å². The number of nitrogens with zero attached hydrogens (tertiary/aromatic N) is 3. The summed E-state index contributed by atoms with van der Waals surface area (Å²) in [5.74, 6) is 0. The van der Waals surface area contributed by atoms with E-state index in [2.05, 4.69) is 9.97 Å². The smallest absolute Gasteiger partial charge is 0.258 e. The van der Waals surface area contributed by atoms with Gasteiger partial charge in [-0.05, 0) is 6.07 Å². The third-order valence-corrected chi connectivity index (χ3v) is 3.09. The van der Waals surface area contributed by atoms with E-state index in [4.69, 9.17) is 11.6 Å². The van der Waals surface area contributed by atoms with E-state index in [0.717, 1.165) is 0 Å². The van der Waals surface area contributed by atoms with Gasteiger partial charge in [0.2, 0.25) is 0 Å². The molecule has 0 atom stereocenters. The van der Waals surface area contributed by atoms with Gasteiger partial charge < -0.3 is 0 Å². The van der Waals surface area contributed by atoms with Crippen molar-refractivity contribution < 1.29 is 4.92 Å². The molecule has 0 saturated carbocycles. The van der Waals surface area contributed by atoms with Crippen LogP contribution in [0.2, 0.25) is 5.15 Å². The molecule has 0 N–H and O–H groups in total. The Hall–Kier alpha value is -1.66. The number of hydrogen-bond acceptors (Lipinski definition) is 5. The van der Waals surface area contributed by atoms with E-state index in [1.165, 1.54) is 24.2 Å². The van der Waals surface area contributed by atoms with Crippen molar-refractivity contribution in [1.29, 1.82) is 0 Å². The number of aromatic nitrogens is 2. The lowest BCUT2D eigenvalue weighted by Crippen LogP contribution is -1.90. The van der Waals surface area contributed by atoms with Crippen LogP contribution in [0.25, 0.3) is 0 Å². The van der Waals surface area contributed by atoms with Gasteiger partial charge in [-0.1, -0.05) is 35.5 Å². The molecule has 0 aliphatic carbocycles. The van der Waals surface area contributed by atoms with E-state index in [-0.39, 0.29) is 5.69 Å². The molecule has 0 bridgehead atoms. The fraction of sp³-hybridized carbons (Fsp3) is 0. The monoisotopic (exact) mass is 267 g/mol. The molecule has 0 amide bonds. The van der Waals surface area contributed by atoms with Crippen molar-refractivity contribution in [3.05, 3.63) is 51.9 Å². The highest BCUT2D eigenvalue weighted by Gasteiger charge is 2.14. The van der Waals surface area contributed by atoms with Crippen molar-refractivity contribution in [1.82, 2.24) is 9.97 Å². The Labute approximate surface area is 106 Å². The van der Waals surface area contributed by atoms with Crippen LogP contribution in [0.3, 0.4) is 0 Å². The number of hydrogen-bond donors (Lipinski definition) is 0. The van der Waals surface area contributed by atoms with Crippen LogP contribution >= 0.6 is 23.4 Å². The minimum Gasteiger partial charge on any atom is -0.258 e. The van der Waals surface area contributed by atoms with Gasteiger partial charge >= 0.3 is 0 Å². The van der Waals surface area contributed by atoms with Gasteiger partial charge in [0.1, 0.15) is 16.5 Å². The second-order valence-electron chi connectivity index (χ2n) is 3.01. The summed E-state index contributed by atoms with van der Waals surface area (Å²) in [7, 11) is 0. The highest BCUT2D eigenvalue weighted by atomic mass is 35.5. The van der Waals surface area contributed by atoms with Crippen LogP contribution in [0.4, 0.5) is 5.69 Å². The first kappa shape index (κ1) is 11.8. The summed E-state index contributed by atoms with van der Waals surface area (Å²) >= 11 is 6.89. The Morgan fingerprint density at radius 1 is 1.29 bits per heavy atom. The Kier molecular flexibility index (Phi) is 3.55. The lowest BCUT2D eigenvalue weighted by atomic mass is 10.3. The van der Waals surface area contributed by atoms with Gasteiger partial charge in [-0.25, -0.2) is 9.97 Å². The molecule has 7 heteroatoms. The molecule has 1 aromatic carbocycles. The predicted molar refractivity (Wildman–Crippen MR) is 64.3 cm³/mol. The summed E-state index contributed by atoms with van der Waals surface area (Å²) in [6, 6.07) is 8.03. The normalized spacial score (nSPS) is 10.2. The van der Waals surface area contributed by atoms with Crippen LogP contribution < -0.4 is 0 Å². The maximum Gasteiger partial charge on any atom is 0.283 e. The molecule has 0 spiro atoms. The van der Waals surface area contributed by atoms with Gasteiger partial charge in [0.15, 0.2) is 0 Å². The van der Waals surface area contributed by atoms with Crippen molar-refractivity contribution in [3.8, 4) is 0 Å². The fourth-order valence-electron chi connectivity index (χ4n) is 1.18. The maximum atomic E-state index is 10.8. The van der Waals surface area contributed by atoms with Gasteiger partial charge in [0.25, 0.3) is 5.69 Å². The molecule has 5 nitrogen and oxygen atoms in total. The quantitative estimate of drug-likeness (QED) is 0.485. The van der Waals surface area contributed by atoms with E-state index in [0.29, 0.717) is 15.1 Å². The van der Waals surface area contributed by atoms with Crippen molar-refractivity contribution in [2.45, 2.75) is 9.92 Å². The van der Waals surface area contributed by atoms with Gasteiger partial charge in [-0.3, -0.25) is 10.1 Å². The molecule has 17 heavy (non-hydrogen) atoms. The average molecular weight is 268 g/mol. The second-order valence-corrected chi connectivity index (χ2v) is 4.46. The lowest BCUT2D eigenvalue weighted by molar-refractivity contribution is -0.387. The Balaban J connectivity index is 2.33. The highest BCUT2D eigenvalue weighted by molar-refractivity contribution is 7.99. The molecule has 0 fully saturated rings. The largest absolute Gasteiger partial charge is 0.283 e. The molecule has 1 aromatic heterocycles. The first-order chi connectivity index (χ1) is 8.16. The van der Waals surface area contributed by atoms with Crippen LogP contribution in [0.15, 0.2) is 46.6 Å². The topological polar surface area (TPSA) is 68.9 Å². The lowest BCUT2D eigenvalue weighted by Gasteiger charge is -2.01. The second kappa shape index (κ2) is 5.11. The third kappa shape index (κ3) is 2.92. The zero-order chi connectivity index (χ0) is 12.3. The summed E-state index contributed by atoms with van der Waals surface area (Å²) in [5.41, 5.74) is 0.0484. The molecule has 2 rings (SSSR count). The summed E-state index contributed by atoms with van der Waals surface area (Å²) in [5, 5.41) is 11.7. The van der Waals surface area contributed by atoms with E-state index in [9.17, 15) is 10.1 Å². The molecule has 0 unspecified atom stereocenters. The number of nitro groups is 1. The van der Waals surface area contributed by atoms with Crippen LogP contribution in [0.1, 0.15) is 0 Å². The molecular formula is C10H6ClN3O2S. The first-order valence-corrected chi connectivity index (χ1v) is 5.75. The minimum absolute atomic E-state index is 0.0484. The average Bonchev–Trinajstić information content (AvgIpc) is 2.29. The van der Waals surface area contributed by atoms with Crippen LogP contribution in [0, 0.1) is 10.1 Å². The van der Waals surface area contributed by atoms with Crippen molar-refractivity contribution in [2.24, 2.45) is 0 Å². The minimum atomic E-state index is -0.425. The first-order valence-electron chi connectivity index (χ1n) is 4.55. The van der Waals surface area contributed by atoms with Crippen molar-refractivity contribution >= 4 is 29.1 Å². The zero-order valence-electron chi connectivity index (χ0n) is 8.41. The molecule has 2 aromatic rings. The number of halogens is 1. The molecule has 0 saturated heterocycles. The fourth-order valence-corrected chi connectivity index (χ4v) is 2.28. The number of para-hydroxylation sites is 1. The highest BCUT2D eigenvalue weighted by Crippen LogP contribution is 2.33. The van der Waals surface area contributed by atoms with Gasteiger partial charge in [-0.2, -0.15) is 0 Å². The Morgan fingerprint density at radius 2 is 2.06 bits per heavy atom. The van der Waals surface area contributed by atoms with Crippen LogP contribution in [-0.2, 0) is 0 Å². The maximum absolute atomic E-state index is 10.8.